The van der Waals surface area contributed by atoms with Crippen LogP contribution in [-0.2, 0) is 6.42 Å². The molecule has 2 rings (SSSR count). The summed E-state index contributed by atoms with van der Waals surface area (Å²) in [5.74, 6) is 0.0702. The zero-order valence-corrected chi connectivity index (χ0v) is 10.7. The van der Waals surface area contributed by atoms with E-state index in [-0.39, 0.29) is 11.5 Å². The number of rotatable bonds is 3. The molecule has 3 heteroatoms. The van der Waals surface area contributed by atoms with Crippen LogP contribution in [0, 0.1) is 11.3 Å². The minimum absolute atomic E-state index is 0.0119. The number of phenolic OH excluding ortho intramolecular Hbond substituents is 2. The van der Waals surface area contributed by atoms with Gasteiger partial charge >= 0.3 is 0 Å². The standard InChI is InChI=1S/C16H15NO2/c1-2-5-11-8-9-15(19)16(13(11)10-17)12-6-3-4-7-14(12)18/h3-4,6-9,18-19H,2,5H2,1H3. The third-order valence-corrected chi connectivity index (χ3v) is 3.07. The molecule has 0 saturated carbocycles. The van der Waals surface area contributed by atoms with Crippen molar-refractivity contribution in [3.63, 3.8) is 0 Å². The van der Waals surface area contributed by atoms with E-state index in [9.17, 15) is 15.5 Å². The van der Waals surface area contributed by atoms with Crippen LogP contribution in [0.25, 0.3) is 11.1 Å². The summed E-state index contributed by atoms with van der Waals surface area (Å²) in [6.07, 6.45) is 1.68. The zero-order valence-electron chi connectivity index (χ0n) is 10.7. The van der Waals surface area contributed by atoms with Gasteiger partial charge in [-0.05, 0) is 24.1 Å². The average molecular weight is 253 g/mol. The Labute approximate surface area is 112 Å². The van der Waals surface area contributed by atoms with Crippen molar-refractivity contribution in [3.05, 3.63) is 47.5 Å². The lowest BCUT2D eigenvalue weighted by atomic mass is 9.93. The van der Waals surface area contributed by atoms with Crippen LogP contribution >= 0.6 is 0 Å². The van der Waals surface area contributed by atoms with E-state index in [4.69, 9.17) is 0 Å². The maximum atomic E-state index is 10.0. The molecule has 0 aliphatic rings. The van der Waals surface area contributed by atoms with Crippen molar-refractivity contribution >= 4 is 0 Å². The van der Waals surface area contributed by atoms with E-state index in [0.29, 0.717) is 16.7 Å². The Balaban J connectivity index is 2.72. The Bertz CT molecular complexity index is 642. The van der Waals surface area contributed by atoms with Gasteiger partial charge < -0.3 is 10.2 Å². The van der Waals surface area contributed by atoms with E-state index < -0.39 is 0 Å². The van der Waals surface area contributed by atoms with Crippen LogP contribution in [0.2, 0.25) is 0 Å². The van der Waals surface area contributed by atoms with E-state index in [2.05, 4.69) is 6.07 Å². The van der Waals surface area contributed by atoms with Gasteiger partial charge in [0.15, 0.2) is 0 Å². The second-order valence-corrected chi connectivity index (χ2v) is 4.37. The van der Waals surface area contributed by atoms with Gasteiger partial charge in [0.2, 0.25) is 0 Å². The molecule has 0 aromatic heterocycles. The van der Waals surface area contributed by atoms with Crippen LogP contribution in [0.15, 0.2) is 36.4 Å². The molecule has 19 heavy (non-hydrogen) atoms. The highest BCUT2D eigenvalue weighted by atomic mass is 16.3. The van der Waals surface area contributed by atoms with Gasteiger partial charge in [-0.1, -0.05) is 37.6 Å². The first kappa shape index (κ1) is 13.0. The monoisotopic (exact) mass is 253 g/mol. The molecule has 0 aliphatic carbocycles. The topological polar surface area (TPSA) is 64.2 Å². The SMILES string of the molecule is CCCc1ccc(O)c(-c2ccccc2O)c1C#N. The summed E-state index contributed by atoms with van der Waals surface area (Å²) in [4.78, 5) is 0. The minimum atomic E-state index is 0.0119. The predicted molar refractivity (Wildman–Crippen MR) is 73.9 cm³/mol. The van der Waals surface area contributed by atoms with Crippen molar-refractivity contribution in [2.45, 2.75) is 19.8 Å². The van der Waals surface area contributed by atoms with Crippen LogP contribution in [0.5, 0.6) is 11.5 Å². The van der Waals surface area contributed by atoms with Crippen LogP contribution in [0.3, 0.4) is 0 Å². The molecule has 2 aromatic carbocycles. The molecule has 0 atom stereocenters. The lowest BCUT2D eigenvalue weighted by molar-refractivity contribution is 0.469. The van der Waals surface area contributed by atoms with Crippen LogP contribution in [0.4, 0.5) is 0 Å². The van der Waals surface area contributed by atoms with E-state index in [1.807, 2.05) is 6.92 Å². The highest BCUT2D eigenvalue weighted by Crippen LogP contribution is 2.39. The molecule has 0 aliphatic heterocycles. The number of phenols is 2. The summed E-state index contributed by atoms with van der Waals surface area (Å²) in [5.41, 5.74) is 2.21. The second kappa shape index (κ2) is 5.45. The first-order chi connectivity index (χ1) is 9.19. The summed E-state index contributed by atoms with van der Waals surface area (Å²) in [5, 5.41) is 29.3. The van der Waals surface area contributed by atoms with Crippen LogP contribution in [-0.4, -0.2) is 10.2 Å². The number of aromatic hydroxyl groups is 2. The first-order valence-corrected chi connectivity index (χ1v) is 6.22. The fraction of sp³-hybridized carbons (Fsp3) is 0.188. The van der Waals surface area contributed by atoms with E-state index >= 15 is 0 Å². The fourth-order valence-corrected chi connectivity index (χ4v) is 2.20. The molecule has 0 amide bonds. The highest BCUT2D eigenvalue weighted by Gasteiger charge is 2.16. The molecule has 0 spiro atoms. The molecule has 0 fully saturated rings. The number of hydrogen-bond acceptors (Lipinski definition) is 3. The predicted octanol–water partition coefficient (Wildman–Crippen LogP) is 3.59. The van der Waals surface area contributed by atoms with Gasteiger partial charge in [0.25, 0.3) is 0 Å². The second-order valence-electron chi connectivity index (χ2n) is 4.37. The van der Waals surface area contributed by atoms with Gasteiger partial charge in [0.1, 0.15) is 17.6 Å². The van der Waals surface area contributed by atoms with Gasteiger partial charge in [-0.2, -0.15) is 5.26 Å². The Morgan fingerprint density at radius 1 is 1.05 bits per heavy atom. The van der Waals surface area contributed by atoms with Gasteiger partial charge in [-0.25, -0.2) is 0 Å². The molecule has 96 valence electrons. The maximum Gasteiger partial charge on any atom is 0.124 e. The smallest absolute Gasteiger partial charge is 0.124 e. The summed E-state index contributed by atoms with van der Waals surface area (Å²) in [6.45, 7) is 2.04. The number of benzene rings is 2. The summed E-state index contributed by atoms with van der Waals surface area (Å²) in [7, 11) is 0. The molecule has 0 heterocycles. The number of nitriles is 1. The zero-order chi connectivity index (χ0) is 13.8. The number of para-hydroxylation sites is 1. The Morgan fingerprint density at radius 2 is 1.79 bits per heavy atom. The van der Waals surface area contributed by atoms with Gasteiger partial charge in [-0.3, -0.25) is 0 Å². The molecule has 0 unspecified atom stereocenters. The molecule has 0 radical (unpaired) electrons. The maximum absolute atomic E-state index is 10.0. The normalized spacial score (nSPS) is 10.1. The fourth-order valence-electron chi connectivity index (χ4n) is 2.20. The Morgan fingerprint density at radius 3 is 2.42 bits per heavy atom. The van der Waals surface area contributed by atoms with E-state index in [1.165, 1.54) is 0 Å². The Hall–Kier alpha value is -2.47. The third-order valence-electron chi connectivity index (χ3n) is 3.07. The molecular formula is C16H15NO2. The van der Waals surface area contributed by atoms with Crippen LogP contribution in [0.1, 0.15) is 24.5 Å². The largest absolute Gasteiger partial charge is 0.507 e. The Kier molecular flexibility index (Phi) is 3.72. The highest BCUT2D eigenvalue weighted by molar-refractivity contribution is 5.81. The average Bonchev–Trinajstić information content (AvgIpc) is 2.41. The molecule has 0 saturated heterocycles. The van der Waals surface area contributed by atoms with Gasteiger partial charge in [-0.15, -0.1) is 0 Å². The van der Waals surface area contributed by atoms with Crippen molar-refractivity contribution in [1.29, 1.82) is 5.26 Å². The lowest BCUT2D eigenvalue weighted by Gasteiger charge is -2.12. The summed E-state index contributed by atoms with van der Waals surface area (Å²) >= 11 is 0. The summed E-state index contributed by atoms with van der Waals surface area (Å²) < 4.78 is 0. The van der Waals surface area contributed by atoms with Crippen molar-refractivity contribution in [1.82, 2.24) is 0 Å². The van der Waals surface area contributed by atoms with Crippen molar-refractivity contribution in [2.75, 3.05) is 0 Å². The van der Waals surface area contributed by atoms with Gasteiger partial charge in [0, 0.05) is 11.1 Å². The molecular weight excluding hydrogens is 238 g/mol. The third kappa shape index (κ3) is 2.38. The van der Waals surface area contributed by atoms with Crippen LogP contribution < -0.4 is 0 Å². The molecule has 2 aromatic rings. The first-order valence-electron chi connectivity index (χ1n) is 6.22. The van der Waals surface area contributed by atoms with Gasteiger partial charge in [0.05, 0.1) is 5.56 Å². The minimum Gasteiger partial charge on any atom is -0.507 e. The number of nitrogens with zero attached hydrogens (tertiary/aromatic N) is 1. The summed E-state index contributed by atoms with van der Waals surface area (Å²) in [6, 6.07) is 12.2. The van der Waals surface area contributed by atoms with Crippen molar-refractivity contribution in [3.8, 4) is 28.7 Å². The number of aryl methyl sites for hydroxylation is 1. The molecule has 3 nitrogen and oxygen atoms in total. The molecule has 0 bridgehead atoms. The van der Waals surface area contributed by atoms with E-state index in [0.717, 1.165) is 18.4 Å². The van der Waals surface area contributed by atoms with Crippen molar-refractivity contribution in [2.24, 2.45) is 0 Å². The lowest BCUT2D eigenvalue weighted by Crippen LogP contribution is -1.94. The van der Waals surface area contributed by atoms with E-state index in [1.54, 1.807) is 36.4 Å². The van der Waals surface area contributed by atoms with Crippen molar-refractivity contribution < 1.29 is 10.2 Å². The molecule has 2 N–H and O–H groups in total. The quantitative estimate of drug-likeness (QED) is 0.878. The number of hydrogen-bond donors (Lipinski definition) is 2.